The third-order valence-corrected chi connectivity index (χ3v) is 6.05. The van der Waals surface area contributed by atoms with E-state index in [1.807, 2.05) is 11.3 Å². The Morgan fingerprint density at radius 3 is 2.41 bits per heavy atom. The van der Waals surface area contributed by atoms with Crippen LogP contribution in [0.2, 0.25) is 0 Å². The molecule has 5 aromatic rings. The highest BCUT2D eigenvalue weighted by Gasteiger charge is 2.09. The van der Waals surface area contributed by atoms with Gasteiger partial charge in [0.05, 0.1) is 0 Å². The van der Waals surface area contributed by atoms with Crippen molar-refractivity contribution < 1.29 is 0 Å². The molecule has 0 fully saturated rings. The third-order valence-electron chi connectivity index (χ3n) is 4.91. The van der Waals surface area contributed by atoms with Crippen molar-refractivity contribution in [3.05, 3.63) is 96.6 Å². The van der Waals surface area contributed by atoms with E-state index in [0.717, 1.165) is 11.4 Å². The molecule has 4 aromatic carbocycles. The van der Waals surface area contributed by atoms with Crippen LogP contribution in [-0.4, -0.2) is 0 Å². The topological polar surface area (TPSA) is 12.0 Å². The Hall–Kier alpha value is -3.10. The minimum atomic E-state index is 1.12. The first-order valence-corrected chi connectivity index (χ1v) is 9.94. The smallest absolute Gasteiger partial charge is 0.0463 e. The molecule has 0 saturated heterocycles. The van der Waals surface area contributed by atoms with Crippen molar-refractivity contribution >= 4 is 42.9 Å². The van der Waals surface area contributed by atoms with Gasteiger partial charge in [-0.15, -0.1) is 11.3 Å². The lowest BCUT2D eigenvalue weighted by Gasteiger charge is -2.13. The summed E-state index contributed by atoms with van der Waals surface area (Å²) >= 11 is 1.86. The van der Waals surface area contributed by atoms with Crippen LogP contribution in [0, 0.1) is 6.92 Å². The minimum Gasteiger partial charge on any atom is -0.355 e. The van der Waals surface area contributed by atoms with Gasteiger partial charge in [0.25, 0.3) is 0 Å². The standard InChI is InChI=1S/C25H19NS/c1-17-7-6-8-19(15-17)26-23-11-4-2-9-20(23)18-13-14-22-21-10-3-5-12-24(21)27-25(22)16-18/h2-16,26H,1H3. The molecule has 0 spiro atoms. The van der Waals surface area contributed by atoms with E-state index in [4.69, 9.17) is 0 Å². The van der Waals surface area contributed by atoms with Crippen LogP contribution in [0.3, 0.4) is 0 Å². The molecule has 0 saturated carbocycles. The minimum absolute atomic E-state index is 1.12. The summed E-state index contributed by atoms with van der Waals surface area (Å²) in [6.45, 7) is 2.12. The molecule has 5 rings (SSSR count). The fraction of sp³-hybridized carbons (Fsp3) is 0.0400. The second-order valence-electron chi connectivity index (χ2n) is 6.85. The summed E-state index contributed by atoms with van der Waals surface area (Å²) in [5.74, 6) is 0. The van der Waals surface area contributed by atoms with Crippen LogP contribution >= 0.6 is 11.3 Å². The summed E-state index contributed by atoms with van der Waals surface area (Å²) in [7, 11) is 0. The Morgan fingerprint density at radius 2 is 1.48 bits per heavy atom. The van der Waals surface area contributed by atoms with Crippen LogP contribution in [0.4, 0.5) is 11.4 Å². The van der Waals surface area contributed by atoms with Gasteiger partial charge in [0, 0.05) is 37.1 Å². The maximum absolute atomic E-state index is 3.59. The third kappa shape index (κ3) is 2.98. The highest BCUT2D eigenvalue weighted by Crippen LogP contribution is 2.38. The van der Waals surface area contributed by atoms with Gasteiger partial charge in [-0.3, -0.25) is 0 Å². The van der Waals surface area contributed by atoms with Gasteiger partial charge in [-0.25, -0.2) is 0 Å². The fourth-order valence-corrected chi connectivity index (χ4v) is 4.76. The van der Waals surface area contributed by atoms with E-state index in [-0.39, 0.29) is 0 Å². The summed E-state index contributed by atoms with van der Waals surface area (Å²) < 4.78 is 2.68. The summed E-state index contributed by atoms with van der Waals surface area (Å²) in [6.07, 6.45) is 0. The van der Waals surface area contributed by atoms with Gasteiger partial charge in [-0.05, 0) is 48.4 Å². The number of thiophene rings is 1. The molecule has 0 unspecified atom stereocenters. The zero-order chi connectivity index (χ0) is 18.2. The van der Waals surface area contributed by atoms with Gasteiger partial charge in [0.15, 0.2) is 0 Å². The van der Waals surface area contributed by atoms with Crippen molar-refractivity contribution in [3.63, 3.8) is 0 Å². The highest BCUT2D eigenvalue weighted by atomic mass is 32.1. The largest absolute Gasteiger partial charge is 0.355 e. The lowest BCUT2D eigenvalue weighted by Crippen LogP contribution is -1.93. The Bertz CT molecular complexity index is 1270. The molecule has 1 N–H and O–H groups in total. The van der Waals surface area contributed by atoms with Crippen LogP contribution in [0.1, 0.15) is 5.56 Å². The average molecular weight is 366 g/mol. The Morgan fingerprint density at radius 1 is 0.667 bits per heavy atom. The molecule has 1 heterocycles. The normalized spacial score (nSPS) is 11.1. The second-order valence-corrected chi connectivity index (χ2v) is 7.93. The predicted octanol–water partition coefficient (Wildman–Crippen LogP) is 7.77. The lowest BCUT2D eigenvalue weighted by molar-refractivity contribution is 1.45. The number of rotatable bonds is 3. The number of para-hydroxylation sites is 1. The molecular formula is C25H19NS. The molecule has 27 heavy (non-hydrogen) atoms. The maximum atomic E-state index is 3.59. The number of nitrogens with one attached hydrogen (secondary N) is 1. The number of aryl methyl sites for hydroxylation is 1. The molecule has 0 amide bonds. The van der Waals surface area contributed by atoms with Gasteiger partial charge in [-0.1, -0.05) is 60.7 Å². The SMILES string of the molecule is Cc1cccc(Nc2ccccc2-c2ccc3c(c2)sc2ccccc23)c1. The summed E-state index contributed by atoms with van der Waals surface area (Å²) in [6, 6.07) is 32.4. The van der Waals surface area contributed by atoms with E-state index in [1.54, 1.807) is 0 Å². The first-order valence-electron chi connectivity index (χ1n) is 9.12. The van der Waals surface area contributed by atoms with Crippen molar-refractivity contribution in [2.75, 3.05) is 5.32 Å². The Balaban J connectivity index is 1.61. The van der Waals surface area contributed by atoms with E-state index in [2.05, 4.69) is 103 Å². The van der Waals surface area contributed by atoms with Crippen molar-refractivity contribution in [3.8, 4) is 11.1 Å². The molecule has 0 radical (unpaired) electrons. The van der Waals surface area contributed by atoms with Gasteiger partial charge < -0.3 is 5.32 Å². The monoisotopic (exact) mass is 365 g/mol. The molecule has 0 aliphatic rings. The molecule has 0 aliphatic carbocycles. The van der Waals surface area contributed by atoms with E-state index in [0.29, 0.717) is 0 Å². The number of fused-ring (bicyclic) bond motifs is 3. The van der Waals surface area contributed by atoms with E-state index in [9.17, 15) is 0 Å². The Labute approximate surface area is 162 Å². The Kier molecular flexibility index (Phi) is 3.92. The van der Waals surface area contributed by atoms with Crippen LogP contribution in [-0.2, 0) is 0 Å². The molecule has 0 bridgehead atoms. The van der Waals surface area contributed by atoms with Crippen LogP contribution in [0.5, 0.6) is 0 Å². The summed E-state index contributed by atoms with van der Waals surface area (Å²) in [4.78, 5) is 0. The number of hydrogen-bond donors (Lipinski definition) is 1. The fourth-order valence-electron chi connectivity index (χ4n) is 3.62. The van der Waals surface area contributed by atoms with Crippen LogP contribution in [0.15, 0.2) is 91.0 Å². The van der Waals surface area contributed by atoms with Crippen LogP contribution < -0.4 is 5.32 Å². The molecule has 130 valence electrons. The van der Waals surface area contributed by atoms with Crippen LogP contribution in [0.25, 0.3) is 31.3 Å². The molecule has 2 heteroatoms. The number of hydrogen-bond acceptors (Lipinski definition) is 2. The molecule has 0 aliphatic heterocycles. The van der Waals surface area contributed by atoms with Crippen molar-refractivity contribution in [1.29, 1.82) is 0 Å². The van der Waals surface area contributed by atoms with E-state index >= 15 is 0 Å². The van der Waals surface area contributed by atoms with Crippen molar-refractivity contribution in [2.45, 2.75) is 6.92 Å². The van der Waals surface area contributed by atoms with E-state index in [1.165, 1.54) is 36.9 Å². The zero-order valence-electron chi connectivity index (χ0n) is 15.1. The van der Waals surface area contributed by atoms with Crippen molar-refractivity contribution in [1.82, 2.24) is 0 Å². The number of benzene rings is 4. The van der Waals surface area contributed by atoms with Gasteiger partial charge in [0.2, 0.25) is 0 Å². The van der Waals surface area contributed by atoms with E-state index < -0.39 is 0 Å². The first kappa shape index (κ1) is 16.1. The highest BCUT2D eigenvalue weighted by molar-refractivity contribution is 7.25. The molecular weight excluding hydrogens is 346 g/mol. The lowest BCUT2D eigenvalue weighted by atomic mass is 10.0. The predicted molar refractivity (Wildman–Crippen MR) is 119 cm³/mol. The quantitative estimate of drug-likeness (QED) is 0.344. The summed E-state index contributed by atoms with van der Waals surface area (Å²) in [5, 5.41) is 6.27. The second kappa shape index (κ2) is 6.57. The first-order chi connectivity index (χ1) is 13.3. The molecule has 1 nitrogen and oxygen atoms in total. The summed E-state index contributed by atoms with van der Waals surface area (Å²) in [5.41, 5.74) is 5.96. The average Bonchev–Trinajstić information content (AvgIpc) is 3.06. The zero-order valence-corrected chi connectivity index (χ0v) is 15.9. The van der Waals surface area contributed by atoms with Gasteiger partial charge in [-0.2, -0.15) is 0 Å². The van der Waals surface area contributed by atoms with Gasteiger partial charge in [0.1, 0.15) is 0 Å². The molecule has 1 aromatic heterocycles. The van der Waals surface area contributed by atoms with Gasteiger partial charge >= 0.3 is 0 Å². The van der Waals surface area contributed by atoms with Crippen molar-refractivity contribution in [2.24, 2.45) is 0 Å². The molecule has 0 atom stereocenters. The number of anilines is 2. The maximum Gasteiger partial charge on any atom is 0.0463 e.